The molecule has 1 aliphatic rings. The van der Waals surface area contributed by atoms with E-state index >= 15 is 0 Å². The topological polar surface area (TPSA) is 58.6 Å². The molecule has 0 aliphatic carbocycles. The summed E-state index contributed by atoms with van der Waals surface area (Å²) < 4.78 is 5.27. The summed E-state index contributed by atoms with van der Waals surface area (Å²) in [6.07, 6.45) is 3.19. The van der Waals surface area contributed by atoms with Gasteiger partial charge < -0.3 is 14.5 Å². The van der Waals surface area contributed by atoms with Crippen LogP contribution in [0.2, 0.25) is 0 Å². The number of amides is 1. The van der Waals surface area contributed by atoms with Gasteiger partial charge in [0.25, 0.3) is 5.91 Å². The first kappa shape index (κ1) is 15.3. The average Bonchev–Trinajstić information content (AvgIpc) is 2.62. The highest BCUT2D eigenvalue weighted by molar-refractivity contribution is 5.93. The molecule has 2 aromatic rings. The van der Waals surface area contributed by atoms with Crippen molar-refractivity contribution in [1.82, 2.24) is 14.9 Å². The summed E-state index contributed by atoms with van der Waals surface area (Å²) in [5.74, 6) is 1.51. The minimum Gasteiger partial charge on any atom is -0.497 e. The number of rotatable bonds is 3. The fraction of sp³-hybridized carbons (Fsp3) is 0.353. The molecule has 0 unspecified atom stereocenters. The Hall–Kier alpha value is -2.63. The number of aryl methyl sites for hydroxylation is 1. The monoisotopic (exact) mass is 312 g/mol. The van der Waals surface area contributed by atoms with E-state index in [1.807, 2.05) is 23.1 Å². The lowest BCUT2D eigenvalue weighted by atomic mass is 10.2. The molecule has 0 radical (unpaired) electrons. The van der Waals surface area contributed by atoms with Gasteiger partial charge in [0, 0.05) is 50.3 Å². The Morgan fingerprint density at radius 3 is 2.48 bits per heavy atom. The first-order valence-electron chi connectivity index (χ1n) is 7.64. The van der Waals surface area contributed by atoms with Crippen LogP contribution in [0, 0.1) is 6.92 Å². The van der Waals surface area contributed by atoms with Crippen LogP contribution in [-0.2, 0) is 0 Å². The van der Waals surface area contributed by atoms with E-state index in [-0.39, 0.29) is 5.91 Å². The molecule has 1 fully saturated rings. The van der Waals surface area contributed by atoms with Crippen molar-refractivity contribution < 1.29 is 9.53 Å². The molecule has 23 heavy (non-hydrogen) atoms. The van der Waals surface area contributed by atoms with Gasteiger partial charge in [0.05, 0.1) is 12.7 Å². The highest BCUT2D eigenvalue weighted by Gasteiger charge is 2.22. The van der Waals surface area contributed by atoms with Crippen molar-refractivity contribution in [2.75, 3.05) is 38.2 Å². The number of carbonyl (C=O) groups excluding carboxylic acids is 1. The number of anilines is 1. The van der Waals surface area contributed by atoms with Crippen molar-refractivity contribution in [3.05, 3.63) is 48.0 Å². The number of ether oxygens (including phenoxy) is 1. The molecule has 0 spiro atoms. The molecule has 3 rings (SSSR count). The molecule has 6 heteroatoms. The minimum absolute atomic E-state index is 0.00436. The molecule has 120 valence electrons. The van der Waals surface area contributed by atoms with Gasteiger partial charge in [0.2, 0.25) is 0 Å². The number of carbonyl (C=O) groups is 1. The molecule has 1 aromatic carbocycles. The second-order valence-electron chi connectivity index (χ2n) is 5.50. The van der Waals surface area contributed by atoms with Crippen LogP contribution in [0.5, 0.6) is 5.75 Å². The number of aromatic nitrogens is 2. The van der Waals surface area contributed by atoms with Gasteiger partial charge in [-0.25, -0.2) is 9.97 Å². The minimum atomic E-state index is -0.00436. The SMILES string of the molecule is COc1cccc(N2CCN(C(=O)c3cnc(C)nc3)CC2)c1. The van der Waals surface area contributed by atoms with Crippen LogP contribution in [0.15, 0.2) is 36.7 Å². The second kappa shape index (κ2) is 6.64. The quantitative estimate of drug-likeness (QED) is 0.864. The molecule has 1 aromatic heterocycles. The molecule has 2 heterocycles. The number of piperazine rings is 1. The Morgan fingerprint density at radius 1 is 1.13 bits per heavy atom. The van der Waals surface area contributed by atoms with Crippen LogP contribution >= 0.6 is 0 Å². The number of benzene rings is 1. The molecule has 0 N–H and O–H groups in total. The van der Waals surface area contributed by atoms with Crippen molar-refractivity contribution in [3.63, 3.8) is 0 Å². The van der Waals surface area contributed by atoms with Crippen molar-refractivity contribution >= 4 is 11.6 Å². The van der Waals surface area contributed by atoms with Gasteiger partial charge in [-0.1, -0.05) is 6.07 Å². The van der Waals surface area contributed by atoms with Crippen molar-refractivity contribution in [2.45, 2.75) is 6.92 Å². The fourth-order valence-electron chi connectivity index (χ4n) is 2.66. The Balaban J connectivity index is 1.63. The van der Waals surface area contributed by atoms with Crippen molar-refractivity contribution in [1.29, 1.82) is 0 Å². The zero-order valence-electron chi connectivity index (χ0n) is 13.4. The van der Waals surface area contributed by atoms with Crippen molar-refractivity contribution in [3.8, 4) is 5.75 Å². The van der Waals surface area contributed by atoms with E-state index in [0.29, 0.717) is 24.5 Å². The number of hydrogen-bond donors (Lipinski definition) is 0. The summed E-state index contributed by atoms with van der Waals surface area (Å²) in [7, 11) is 1.67. The van der Waals surface area contributed by atoms with E-state index in [1.54, 1.807) is 26.4 Å². The highest BCUT2D eigenvalue weighted by Crippen LogP contribution is 2.22. The maximum absolute atomic E-state index is 12.5. The maximum Gasteiger partial charge on any atom is 0.257 e. The average molecular weight is 312 g/mol. The van der Waals surface area contributed by atoms with Gasteiger partial charge in [-0.2, -0.15) is 0 Å². The highest BCUT2D eigenvalue weighted by atomic mass is 16.5. The van der Waals surface area contributed by atoms with E-state index in [9.17, 15) is 4.79 Å². The van der Waals surface area contributed by atoms with Crippen LogP contribution in [-0.4, -0.2) is 54.1 Å². The molecular weight excluding hydrogens is 292 g/mol. The summed E-state index contributed by atoms with van der Waals surface area (Å²) >= 11 is 0. The Bertz CT molecular complexity index is 679. The lowest BCUT2D eigenvalue weighted by Crippen LogP contribution is -2.48. The fourth-order valence-corrected chi connectivity index (χ4v) is 2.66. The van der Waals surface area contributed by atoms with Gasteiger partial charge in [-0.3, -0.25) is 4.79 Å². The zero-order valence-corrected chi connectivity index (χ0v) is 13.4. The number of hydrogen-bond acceptors (Lipinski definition) is 5. The Labute approximate surface area is 135 Å². The Morgan fingerprint density at radius 2 is 1.83 bits per heavy atom. The largest absolute Gasteiger partial charge is 0.497 e. The van der Waals surface area contributed by atoms with Gasteiger partial charge in [0.15, 0.2) is 0 Å². The molecule has 1 aliphatic heterocycles. The standard InChI is InChI=1S/C17H20N4O2/c1-13-18-11-14(12-19-13)17(22)21-8-6-20(7-9-21)15-4-3-5-16(10-15)23-2/h3-5,10-12H,6-9H2,1-2H3. The zero-order chi connectivity index (χ0) is 16.2. The van der Waals surface area contributed by atoms with Crippen LogP contribution in [0.4, 0.5) is 5.69 Å². The molecular formula is C17H20N4O2. The smallest absolute Gasteiger partial charge is 0.257 e. The summed E-state index contributed by atoms with van der Waals surface area (Å²) in [5, 5.41) is 0. The summed E-state index contributed by atoms with van der Waals surface area (Å²) in [6, 6.07) is 8.00. The molecule has 1 amide bonds. The predicted octanol–water partition coefficient (Wildman–Crippen LogP) is 1.76. The maximum atomic E-state index is 12.5. The van der Waals surface area contributed by atoms with Crippen LogP contribution < -0.4 is 9.64 Å². The van der Waals surface area contributed by atoms with Gasteiger partial charge in [0.1, 0.15) is 11.6 Å². The first-order chi connectivity index (χ1) is 11.2. The van der Waals surface area contributed by atoms with Gasteiger partial charge >= 0.3 is 0 Å². The third-order valence-corrected chi connectivity index (χ3v) is 4.01. The second-order valence-corrected chi connectivity index (χ2v) is 5.50. The molecule has 6 nitrogen and oxygen atoms in total. The van der Waals surface area contributed by atoms with Crippen LogP contribution in [0.25, 0.3) is 0 Å². The van der Waals surface area contributed by atoms with E-state index in [0.717, 1.165) is 24.5 Å². The molecule has 1 saturated heterocycles. The third kappa shape index (κ3) is 3.41. The molecule has 0 atom stereocenters. The number of methoxy groups -OCH3 is 1. The van der Waals surface area contributed by atoms with Crippen molar-refractivity contribution in [2.24, 2.45) is 0 Å². The number of nitrogens with zero attached hydrogens (tertiary/aromatic N) is 4. The van der Waals surface area contributed by atoms with E-state index < -0.39 is 0 Å². The van der Waals surface area contributed by atoms with Gasteiger partial charge in [-0.15, -0.1) is 0 Å². The van der Waals surface area contributed by atoms with E-state index in [4.69, 9.17) is 4.74 Å². The predicted molar refractivity (Wildman–Crippen MR) is 87.9 cm³/mol. The van der Waals surface area contributed by atoms with E-state index in [1.165, 1.54) is 0 Å². The summed E-state index contributed by atoms with van der Waals surface area (Å²) in [5.41, 5.74) is 1.67. The first-order valence-corrected chi connectivity index (χ1v) is 7.64. The van der Waals surface area contributed by atoms with Gasteiger partial charge in [-0.05, 0) is 19.1 Å². The summed E-state index contributed by atoms with van der Waals surface area (Å²) in [4.78, 5) is 24.8. The molecule has 0 saturated carbocycles. The lowest BCUT2D eigenvalue weighted by molar-refractivity contribution is 0.0746. The van der Waals surface area contributed by atoms with Crippen LogP contribution in [0.3, 0.4) is 0 Å². The van der Waals surface area contributed by atoms with Crippen LogP contribution in [0.1, 0.15) is 16.2 Å². The summed E-state index contributed by atoms with van der Waals surface area (Å²) in [6.45, 7) is 4.77. The normalized spacial score (nSPS) is 14.7. The molecule has 0 bridgehead atoms. The lowest BCUT2D eigenvalue weighted by Gasteiger charge is -2.36. The Kier molecular flexibility index (Phi) is 4.41. The third-order valence-electron chi connectivity index (χ3n) is 4.01. The van der Waals surface area contributed by atoms with E-state index in [2.05, 4.69) is 20.9 Å².